The van der Waals surface area contributed by atoms with Crippen molar-refractivity contribution in [3.8, 4) is 6.07 Å². The van der Waals surface area contributed by atoms with Gasteiger partial charge in [0, 0.05) is 31.8 Å². The van der Waals surface area contributed by atoms with Crippen LogP contribution >= 0.6 is 0 Å². The van der Waals surface area contributed by atoms with Gasteiger partial charge in [-0.05, 0) is 48.9 Å². The zero-order valence-corrected chi connectivity index (χ0v) is 21.6. The summed E-state index contributed by atoms with van der Waals surface area (Å²) in [7, 11) is 0. The number of nitrogens with one attached hydrogen (secondary N) is 3. The minimum Gasteiger partial charge on any atom is -0.356 e. The van der Waals surface area contributed by atoms with E-state index in [1.54, 1.807) is 5.32 Å². The molecule has 0 radical (unpaired) electrons. The van der Waals surface area contributed by atoms with Crippen molar-refractivity contribution in [2.45, 2.75) is 82.6 Å². The van der Waals surface area contributed by atoms with Gasteiger partial charge in [-0.25, -0.2) is 8.78 Å². The van der Waals surface area contributed by atoms with Gasteiger partial charge in [-0.1, -0.05) is 13.8 Å². The topological polar surface area (TPSA) is 131 Å². The van der Waals surface area contributed by atoms with Crippen LogP contribution < -0.4 is 16.0 Å². The van der Waals surface area contributed by atoms with Crippen LogP contribution in [0.25, 0.3) is 0 Å². The zero-order chi connectivity index (χ0) is 28.9. The summed E-state index contributed by atoms with van der Waals surface area (Å²) < 4.78 is 66.9. The third-order valence-corrected chi connectivity index (χ3v) is 8.96. The lowest BCUT2D eigenvalue weighted by molar-refractivity contribution is -0.176. The number of hydrogen-bond acceptors (Lipinski definition) is 5. The lowest BCUT2D eigenvalue weighted by atomic mass is 9.81. The summed E-state index contributed by atoms with van der Waals surface area (Å²) in [5.74, 6) is -9.13. The van der Waals surface area contributed by atoms with E-state index < -0.39 is 72.6 Å². The van der Waals surface area contributed by atoms with Crippen LogP contribution in [0.1, 0.15) is 52.4 Å². The SMILES string of the molecule is CC1(C)[C@@H]2[C@@H](C(=O)N[C@H](C#N)C[C@@H]3CCNC3=O)N(C(=O)[C@@H](NC(=O)C(F)(F)F)C3CCC(F)(F)CC3)C[C@@H]21. The molecular formula is C25H32F5N5O4. The molecule has 0 bridgehead atoms. The average Bonchev–Trinajstić information content (AvgIpc) is 3.19. The minimum absolute atomic E-state index is 0.0398. The van der Waals surface area contributed by atoms with Crippen molar-refractivity contribution in [3.05, 3.63) is 0 Å². The summed E-state index contributed by atoms with van der Waals surface area (Å²) in [6.45, 7) is 4.27. The molecule has 2 aliphatic heterocycles. The highest BCUT2D eigenvalue weighted by molar-refractivity contribution is 5.94. The largest absolute Gasteiger partial charge is 0.471 e. The third-order valence-electron chi connectivity index (χ3n) is 8.96. The van der Waals surface area contributed by atoms with Crippen molar-refractivity contribution >= 4 is 23.6 Å². The van der Waals surface area contributed by atoms with Gasteiger partial charge in [0.05, 0.1) is 6.07 Å². The van der Waals surface area contributed by atoms with E-state index in [0.717, 1.165) is 4.90 Å². The molecule has 0 spiro atoms. The van der Waals surface area contributed by atoms with Crippen LogP contribution in [-0.4, -0.2) is 71.8 Å². The maximum atomic E-state index is 13.8. The highest BCUT2D eigenvalue weighted by Crippen LogP contribution is 2.65. The lowest BCUT2D eigenvalue weighted by Crippen LogP contribution is -2.60. The highest BCUT2D eigenvalue weighted by Gasteiger charge is 2.70. The first kappa shape index (κ1) is 29.0. The van der Waals surface area contributed by atoms with Gasteiger partial charge >= 0.3 is 12.1 Å². The first-order valence-corrected chi connectivity index (χ1v) is 13.1. The number of nitriles is 1. The number of alkyl halides is 5. The molecule has 6 atom stereocenters. The first-order valence-electron chi connectivity index (χ1n) is 13.1. The summed E-state index contributed by atoms with van der Waals surface area (Å²) >= 11 is 0. The van der Waals surface area contributed by atoms with E-state index in [1.807, 2.05) is 19.9 Å². The summed E-state index contributed by atoms with van der Waals surface area (Å²) in [5.41, 5.74) is -0.357. The molecule has 9 nitrogen and oxygen atoms in total. The van der Waals surface area contributed by atoms with Gasteiger partial charge in [-0.15, -0.1) is 0 Å². The minimum atomic E-state index is -5.30. The van der Waals surface area contributed by atoms with E-state index in [0.29, 0.717) is 13.0 Å². The second-order valence-corrected chi connectivity index (χ2v) is 11.7. The van der Waals surface area contributed by atoms with Crippen molar-refractivity contribution in [2.75, 3.05) is 13.1 Å². The predicted octanol–water partition coefficient (Wildman–Crippen LogP) is 1.88. The molecule has 14 heteroatoms. The molecule has 2 aliphatic carbocycles. The van der Waals surface area contributed by atoms with Crippen molar-refractivity contribution in [3.63, 3.8) is 0 Å². The molecule has 2 saturated heterocycles. The fraction of sp³-hybridized carbons (Fsp3) is 0.800. The van der Waals surface area contributed by atoms with Crippen molar-refractivity contribution in [2.24, 2.45) is 29.1 Å². The van der Waals surface area contributed by atoms with Crippen LogP contribution in [0.3, 0.4) is 0 Å². The number of likely N-dealkylation sites (tertiary alicyclic amines) is 1. The molecule has 2 heterocycles. The molecule has 0 aromatic heterocycles. The predicted molar refractivity (Wildman–Crippen MR) is 124 cm³/mol. The average molecular weight is 562 g/mol. The summed E-state index contributed by atoms with van der Waals surface area (Å²) in [6.07, 6.45) is -6.55. The Morgan fingerprint density at radius 3 is 2.33 bits per heavy atom. The molecule has 0 aromatic rings. The Balaban J connectivity index is 1.54. The van der Waals surface area contributed by atoms with Crippen molar-refractivity contribution in [1.82, 2.24) is 20.9 Å². The fourth-order valence-electron chi connectivity index (χ4n) is 6.55. The number of halogens is 5. The number of carbonyl (C=O) groups is 4. The molecular weight excluding hydrogens is 529 g/mol. The highest BCUT2D eigenvalue weighted by atomic mass is 19.4. The van der Waals surface area contributed by atoms with Gasteiger partial charge in [0.2, 0.25) is 23.6 Å². The summed E-state index contributed by atoms with van der Waals surface area (Å²) in [4.78, 5) is 52.0. The standard InChI is InChI=1S/C25H32F5N5O4/c1-23(2)15-11-35(18(16(15)23)20(37)33-14(10-31)9-13-5-8-32-19(13)36)21(38)17(34-22(39)25(28,29)30)12-3-6-24(26,27)7-4-12/h12-18H,3-9,11H2,1-2H3,(H,32,36)(H,33,37)(H,34,39)/t13-,14-,15-,16-,17-,18-/m0/s1. The van der Waals surface area contributed by atoms with E-state index in [4.69, 9.17) is 0 Å². The van der Waals surface area contributed by atoms with Gasteiger partial charge in [0.1, 0.15) is 18.1 Å². The number of hydrogen-bond donors (Lipinski definition) is 3. The number of piperidine rings is 1. The zero-order valence-electron chi connectivity index (χ0n) is 21.6. The molecule has 0 unspecified atom stereocenters. The normalized spacial score (nSPS) is 30.9. The molecule has 3 N–H and O–H groups in total. The molecule has 0 aromatic carbocycles. The number of amides is 4. The molecule has 4 fully saturated rings. The van der Waals surface area contributed by atoms with E-state index in [1.165, 1.54) is 0 Å². The van der Waals surface area contributed by atoms with Crippen molar-refractivity contribution < 1.29 is 41.1 Å². The summed E-state index contributed by atoms with van der Waals surface area (Å²) in [5, 5.41) is 16.6. The quantitative estimate of drug-likeness (QED) is 0.409. The Morgan fingerprint density at radius 2 is 1.79 bits per heavy atom. The van der Waals surface area contributed by atoms with E-state index in [9.17, 15) is 46.4 Å². The van der Waals surface area contributed by atoms with Crippen LogP contribution in [0.4, 0.5) is 22.0 Å². The number of carbonyl (C=O) groups excluding carboxylic acids is 4. The molecule has 4 rings (SSSR count). The lowest BCUT2D eigenvalue weighted by Gasteiger charge is -2.38. The number of nitrogens with zero attached hydrogens (tertiary/aromatic N) is 2. The number of rotatable bonds is 7. The Kier molecular flexibility index (Phi) is 7.59. The second-order valence-electron chi connectivity index (χ2n) is 11.7. The van der Waals surface area contributed by atoms with Crippen LogP contribution in [0.15, 0.2) is 0 Å². The smallest absolute Gasteiger partial charge is 0.356 e. The molecule has 39 heavy (non-hydrogen) atoms. The second kappa shape index (κ2) is 10.2. The molecule has 4 amide bonds. The fourth-order valence-corrected chi connectivity index (χ4v) is 6.55. The number of fused-ring (bicyclic) bond motifs is 1. The Hall–Kier alpha value is -2.98. The Labute approximate surface area is 222 Å². The van der Waals surface area contributed by atoms with Gasteiger partial charge in [-0.3, -0.25) is 19.2 Å². The van der Waals surface area contributed by atoms with Gasteiger partial charge in [0.25, 0.3) is 0 Å². The molecule has 216 valence electrons. The summed E-state index contributed by atoms with van der Waals surface area (Å²) in [6, 6.07) is -1.94. The molecule has 4 aliphatic rings. The monoisotopic (exact) mass is 561 g/mol. The van der Waals surface area contributed by atoms with E-state index in [-0.39, 0.29) is 49.0 Å². The van der Waals surface area contributed by atoms with Crippen molar-refractivity contribution in [1.29, 1.82) is 5.26 Å². The van der Waals surface area contributed by atoms with E-state index in [2.05, 4.69) is 10.6 Å². The van der Waals surface area contributed by atoms with Gasteiger partial charge in [0.15, 0.2) is 0 Å². The van der Waals surface area contributed by atoms with E-state index >= 15 is 0 Å². The van der Waals surface area contributed by atoms with Gasteiger partial charge < -0.3 is 20.9 Å². The maximum absolute atomic E-state index is 13.8. The third kappa shape index (κ3) is 5.82. The van der Waals surface area contributed by atoms with Crippen LogP contribution in [-0.2, 0) is 19.2 Å². The maximum Gasteiger partial charge on any atom is 0.471 e. The van der Waals surface area contributed by atoms with Crippen LogP contribution in [0.5, 0.6) is 0 Å². The molecule has 2 saturated carbocycles. The van der Waals surface area contributed by atoms with Gasteiger partial charge in [-0.2, -0.15) is 18.4 Å². The van der Waals surface area contributed by atoms with Crippen LogP contribution in [0, 0.1) is 40.4 Å². The first-order chi connectivity index (χ1) is 18.1. The van der Waals surface area contributed by atoms with Crippen LogP contribution in [0.2, 0.25) is 0 Å². The Morgan fingerprint density at radius 1 is 1.15 bits per heavy atom. The Bertz CT molecular complexity index is 1060.